The second-order valence-corrected chi connectivity index (χ2v) is 5.26. The molecule has 0 aliphatic carbocycles. The van der Waals surface area contributed by atoms with Crippen molar-refractivity contribution < 1.29 is 14.7 Å². The topological polar surface area (TPSA) is 69.6 Å². The highest BCUT2D eigenvalue weighted by Crippen LogP contribution is 2.28. The Morgan fingerprint density at radius 1 is 1.50 bits per heavy atom. The number of hydrogen-bond donors (Lipinski definition) is 2. The molecule has 1 unspecified atom stereocenters. The lowest BCUT2D eigenvalue weighted by atomic mass is 9.93. The van der Waals surface area contributed by atoms with E-state index in [0.29, 0.717) is 0 Å². The van der Waals surface area contributed by atoms with Gasteiger partial charge in [-0.15, -0.1) is 0 Å². The van der Waals surface area contributed by atoms with Crippen LogP contribution in [-0.4, -0.2) is 41.6 Å². The zero-order valence-electron chi connectivity index (χ0n) is 10.1. The van der Waals surface area contributed by atoms with Crippen LogP contribution in [0.5, 0.6) is 0 Å². The van der Waals surface area contributed by atoms with Gasteiger partial charge in [-0.3, -0.25) is 4.79 Å². The third kappa shape index (κ3) is 3.40. The van der Waals surface area contributed by atoms with E-state index in [4.69, 9.17) is 5.11 Å². The molecule has 1 atom stereocenters. The van der Waals surface area contributed by atoms with Gasteiger partial charge >= 0.3 is 12.0 Å². The summed E-state index contributed by atoms with van der Waals surface area (Å²) in [7, 11) is 0. The Morgan fingerprint density at radius 2 is 2.12 bits per heavy atom. The summed E-state index contributed by atoms with van der Waals surface area (Å²) in [5.41, 5.74) is 0.176. The Bertz CT molecular complexity index is 289. The number of rotatable bonds is 3. The second-order valence-electron chi connectivity index (χ2n) is 5.26. The number of carboxylic acid groups (broad SMARTS) is 1. The molecular weight excluding hydrogens is 208 g/mol. The number of likely N-dealkylation sites (tertiary alicyclic amines) is 1. The lowest BCUT2D eigenvalue weighted by molar-refractivity contribution is -0.140. The van der Waals surface area contributed by atoms with Gasteiger partial charge in [-0.05, 0) is 11.8 Å². The summed E-state index contributed by atoms with van der Waals surface area (Å²) in [6.45, 7) is 7.50. The fraction of sp³-hybridized carbons (Fsp3) is 0.818. The van der Waals surface area contributed by atoms with E-state index in [1.807, 2.05) is 0 Å². The lowest BCUT2D eigenvalue weighted by Crippen LogP contribution is -2.41. The van der Waals surface area contributed by atoms with Crippen molar-refractivity contribution in [2.75, 3.05) is 19.6 Å². The van der Waals surface area contributed by atoms with Crippen molar-refractivity contribution in [1.29, 1.82) is 0 Å². The van der Waals surface area contributed by atoms with Crippen LogP contribution in [0.25, 0.3) is 0 Å². The van der Waals surface area contributed by atoms with Gasteiger partial charge in [0.2, 0.25) is 0 Å². The smallest absolute Gasteiger partial charge is 0.317 e. The van der Waals surface area contributed by atoms with Gasteiger partial charge in [-0.2, -0.15) is 0 Å². The maximum Gasteiger partial charge on any atom is 0.317 e. The summed E-state index contributed by atoms with van der Waals surface area (Å²) in [5.74, 6) is -1.43. The first-order chi connectivity index (χ1) is 7.32. The molecule has 0 aromatic carbocycles. The van der Waals surface area contributed by atoms with Crippen molar-refractivity contribution in [2.24, 2.45) is 11.3 Å². The maximum atomic E-state index is 11.7. The number of aliphatic carboxylic acids is 1. The highest BCUT2D eigenvalue weighted by molar-refractivity contribution is 5.76. The molecule has 1 saturated heterocycles. The molecule has 1 heterocycles. The summed E-state index contributed by atoms with van der Waals surface area (Å²) < 4.78 is 0. The van der Waals surface area contributed by atoms with Gasteiger partial charge < -0.3 is 15.3 Å². The van der Waals surface area contributed by atoms with Gasteiger partial charge in [-0.25, -0.2) is 4.79 Å². The van der Waals surface area contributed by atoms with E-state index in [1.165, 1.54) is 0 Å². The molecule has 92 valence electrons. The minimum absolute atomic E-state index is 0.154. The van der Waals surface area contributed by atoms with Crippen molar-refractivity contribution in [3.63, 3.8) is 0 Å². The molecule has 0 aromatic heterocycles. The molecule has 0 aromatic rings. The number of urea groups is 1. The van der Waals surface area contributed by atoms with Crippen LogP contribution >= 0.6 is 0 Å². The van der Waals surface area contributed by atoms with Crippen LogP contribution < -0.4 is 5.32 Å². The van der Waals surface area contributed by atoms with Crippen LogP contribution in [0.3, 0.4) is 0 Å². The van der Waals surface area contributed by atoms with E-state index >= 15 is 0 Å². The van der Waals surface area contributed by atoms with Gasteiger partial charge in [-0.1, -0.05) is 20.8 Å². The average Bonchev–Trinajstić information content (AvgIpc) is 2.54. The molecular formula is C11H20N2O3. The third-order valence-corrected chi connectivity index (χ3v) is 2.95. The van der Waals surface area contributed by atoms with Crippen LogP contribution in [0.4, 0.5) is 4.79 Å². The molecule has 2 N–H and O–H groups in total. The van der Waals surface area contributed by atoms with Crippen LogP contribution in [0, 0.1) is 11.3 Å². The first kappa shape index (κ1) is 12.8. The molecule has 2 amide bonds. The van der Waals surface area contributed by atoms with Crippen molar-refractivity contribution in [1.82, 2.24) is 10.2 Å². The molecule has 1 rings (SSSR count). The standard InChI is InChI=1S/C11H20N2O3/c1-8(9(14)15)6-12-10(16)13-5-4-11(2,3)7-13/h8H,4-7H2,1-3H3,(H,12,16)(H,14,15). The van der Waals surface area contributed by atoms with E-state index < -0.39 is 11.9 Å². The molecule has 0 radical (unpaired) electrons. The minimum Gasteiger partial charge on any atom is -0.481 e. The largest absolute Gasteiger partial charge is 0.481 e. The van der Waals surface area contributed by atoms with Gasteiger partial charge in [0.05, 0.1) is 5.92 Å². The fourth-order valence-corrected chi connectivity index (χ4v) is 1.73. The first-order valence-electron chi connectivity index (χ1n) is 5.57. The number of carbonyl (C=O) groups is 2. The average molecular weight is 228 g/mol. The fourth-order valence-electron chi connectivity index (χ4n) is 1.73. The molecule has 1 aliphatic heterocycles. The Kier molecular flexibility index (Phi) is 3.78. The van der Waals surface area contributed by atoms with E-state index in [9.17, 15) is 9.59 Å². The Hall–Kier alpha value is -1.26. The van der Waals surface area contributed by atoms with E-state index in [0.717, 1.165) is 19.5 Å². The molecule has 5 nitrogen and oxygen atoms in total. The predicted molar refractivity (Wildman–Crippen MR) is 60.2 cm³/mol. The lowest BCUT2D eigenvalue weighted by Gasteiger charge is -2.20. The Labute approximate surface area is 95.8 Å². The van der Waals surface area contributed by atoms with E-state index in [1.54, 1.807) is 11.8 Å². The number of amides is 2. The summed E-state index contributed by atoms with van der Waals surface area (Å²) >= 11 is 0. The third-order valence-electron chi connectivity index (χ3n) is 2.95. The first-order valence-corrected chi connectivity index (χ1v) is 5.57. The van der Waals surface area contributed by atoms with Crippen molar-refractivity contribution in [3.8, 4) is 0 Å². The minimum atomic E-state index is -0.887. The van der Waals surface area contributed by atoms with E-state index in [2.05, 4.69) is 19.2 Å². The number of carboxylic acids is 1. The number of carbonyl (C=O) groups excluding carboxylic acids is 1. The predicted octanol–water partition coefficient (Wildman–Crippen LogP) is 1.15. The molecule has 0 saturated carbocycles. The summed E-state index contributed by atoms with van der Waals surface area (Å²) in [5, 5.41) is 11.3. The summed E-state index contributed by atoms with van der Waals surface area (Å²) in [6, 6.07) is -0.154. The van der Waals surface area contributed by atoms with Crippen LogP contribution in [0.15, 0.2) is 0 Å². The van der Waals surface area contributed by atoms with Crippen molar-refractivity contribution >= 4 is 12.0 Å². The van der Waals surface area contributed by atoms with Crippen molar-refractivity contribution in [3.05, 3.63) is 0 Å². The molecule has 0 spiro atoms. The van der Waals surface area contributed by atoms with Crippen molar-refractivity contribution in [2.45, 2.75) is 27.2 Å². The monoisotopic (exact) mass is 228 g/mol. The molecule has 0 bridgehead atoms. The van der Waals surface area contributed by atoms with Crippen LogP contribution in [0.1, 0.15) is 27.2 Å². The quantitative estimate of drug-likeness (QED) is 0.761. The summed E-state index contributed by atoms with van der Waals surface area (Å²) in [6.07, 6.45) is 0.995. The SMILES string of the molecule is CC(CNC(=O)N1CCC(C)(C)C1)C(=O)O. The van der Waals surface area contributed by atoms with Gasteiger partial charge in [0.25, 0.3) is 0 Å². The zero-order valence-corrected chi connectivity index (χ0v) is 10.1. The van der Waals surface area contributed by atoms with Gasteiger partial charge in [0.1, 0.15) is 0 Å². The van der Waals surface area contributed by atoms with Crippen LogP contribution in [0.2, 0.25) is 0 Å². The molecule has 1 fully saturated rings. The maximum absolute atomic E-state index is 11.7. The molecule has 1 aliphatic rings. The highest BCUT2D eigenvalue weighted by atomic mass is 16.4. The molecule has 16 heavy (non-hydrogen) atoms. The Morgan fingerprint density at radius 3 is 2.56 bits per heavy atom. The van der Waals surface area contributed by atoms with Gasteiger partial charge in [0.15, 0.2) is 0 Å². The Balaban J connectivity index is 2.34. The second kappa shape index (κ2) is 4.72. The zero-order chi connectivity index (χ0) is 12.3. The molecule has 5 heteroatoms. The van der Waals surface area contributed by atoms with Crippen LogP contribution in [-0.2, 0) is 4.79 Å². The van der Waals surface area contributed by atoms with Gasteiger partial charge in [0, 0.05) is 19.6 Å². The normalized spacial score (nSPS) is 20.6. The number of hydrogen-bond acceptors (Lipinski definition) is 2. The summed E-state index contributed by atoms with van der Waals surface area (Å²) in [4.78, 5) is 24.0. The highest BCUT2D eigenvalue weighted by Gasteiger charge is 2.32. The number of nitrogens with zero attached hydrogens (tertiary/aromatic N) is 1. The number of nitrogens with one attached hydrogen (secondary N) is 1. The van der Waals surface area contributed by atoms with E-state index in [-0.39, 0.29) is 18.0 Å².